The Bertz CT molecular complexity index is 796. The molecule has 0 bridgehead atoms. The van der Waals surface area contributed by atoms with Crippen LogP contribution in [0.15, 0.2) is 34.9 Å². The molecule has 0 spiro atoms. The third-order valence-corrected chi connectivity index (χ3v) is 2.93. The molecule has 1 aromatic carbocycles. The van der Waals surface area contributed by atoms with Crippen LogP contribution in [0.5, 0.6) is 23.5 Å². The molecule has 0 fully saturated rings. The molecule has 3 rings (SSSR count). The number of aromatic nitrogens is 4. The van der Waals surface area contributed by atoms with E-state index in [1.807, 2.05) is 18.2 Å². The minimum Gasteiger partial charge on any atom is -0.481 e. The van der Waals surface area contributed by atoms with Gasteiger partial charge in [-0.2, -0.15) is 15.0 Å². The quantitative estimate of drug-likeness (QED) is 0.709. The highest BCUT2D eigenvalue weighted by Crippen LogP contribution is 2.31. The second-order valence-corrected chi connectivity index (χ2v) is 4.47. The van der Waals surface area contributed by atoms with Crippen molar-refractivity contribution in [3.05, 3.63) is 36.2 Å². The predicted molar refractivity (Wildman–Crippen MR) is 79.7 cm³/mol. The second kappa shape index (κ2) is 6.30. The number of hydrogen-bond acceptors (Lipinski definition) is 8. The molecule has 0 aliphatic carbocycles. The molecule has 0 saturated heterocycles. The molecule has 2 heterocycles. The van der Waals surface area contributed by atoms with E-state index in [0.29, 0.717) is 34.8 Å². The van der Waals surface area contributed by atoms with Gasteiger partial charge in [-0.1, -0.05) is 17.3 Å². The van der Waals surface area contributed by atoms with Gasteiger partial charge in [-0.15, -0.1) is 0 Å². The van der Waals surface area contributed by atoms with Gasteiger partial charge in [0.25, 0.3) is 0 Å². The highest BCUT2D eigenvalue weighted by molar-refractivity contribution is 5.63. The van der Waals surface area contributed by atoms with E-state index in [0.717, 1.165) is 0 Å². The zero-order valence-electron chi connectivity index (χ0n) is 12.8. The molecule has 8 heteroatoms. The summed E-state index contributed by atoms with van der Waals surface area (Å²) in [5.74, 6) is 2.05. The molecule has 2 aromatic heterocycles. The van der Waals surface area contributed by atoms with Gasteiger partial charge >= 0.3 is 6.01 Å². The molecule has 0 saturated carbocycles. The van der Waals surface area contributed by atoms with Crippen molar-refractivity contribution in [1.82, 2.24) is 20.1 Å². The normalized spacial score (nSPS) is 10.4. The zero-order valence-corrected chi connectivity index (χ0v) is 12.8. The van der Waals surface area contributed by atoms with Gasteiger partial charge in [-0.05, 0) is 12.1 Å². The first kappa shape index (κ1) is 14.8. The van der Waals surface area contributed by atoms with Crippen molar-refractivity contribution >= 4 is 0 Å². The number of methoxy groups -OCH3 is 2. The first-order valence-corrected chi connectivity index (χ1v) is 6.74. The van der Waals surface area contributed by atoms with E-state index < -0.39 is 0 Å². The Hall–Kier alpha value is -3.16. The maximum absolute atomic E-state index is 5.75. The van der Waals surface area contributed by atoms with Crippen LogP contribution in [-0.2, 0) is 0 Å². The van der Waals surface area contributed by atoms with Crippen LogP contribution in [0.4, 0.5) is 0 Å². The summed E-state index contributed by atoms with van der Waals surface area (Å²) in [6.45, 7) is 1.72. The van der Waals surface area contributed by atoms with Crippen molar-refractivity contribution in [1.29, 1.82) is 0 Å². The van der Waals surface area contributed by atoms with Crippen LogP contribution < -0.4 is 14.2 Å². The standard InChI is InChI=1S/C15H14N4O4/c1-9-16-14(19-23-9)10-6-4-5-7-11(10)22-15-17-12(20-2)8-13(18-15)21-3/h4-8H,1-3H3. The first-order chi connectivity index (χ1) is 11.2. The molecular weight excluding hydrogens is 300 g/mol. The lowest BCUT2D eigenvalue weighted by Gasteiger charge is -2.09. The molecule has 0 unspecified atom stereocenters. The Morgan fingerprint density at radius 1 is 0.957 bits per heavy atom. The van der Waals surface area contributed by atoms with E-state index in [2.05, 4.69) is 20.1 Å². The second-order valence-electron chi connectivity index (χ2n) is 4.47. The third kappa shape index (κ3) is 3.20. The minimum absolute atomic E-state index is 0.0915. The third-order valence-electron chi connectivity index (χ3n) is 2.93. The molecule has 23 heavy (non-hydrogen) atoms. The molecule has 3 aromatic rings. The number of benzene rings is 1. The van der Waals surface area contributed by atoms with Crippen molar-refractivity contribution in [2.45, 2.75) is 6.92 Å². The van der Waals surface area contributed by atoms with E-state index in [1.165, 1.54) is 14.2 Å². The molecule has 0 radical (unpaired) electrons. The van der Waals surface area contributed by atoms with E-state index >= 15 is 0 Å². The van der Waals surface area contributed by atoms with E-state index in [4.69, 9.17) is 18.7 Å². The van der Waals surface area contributed by atoms with Crippen molar-refractivity contribution in [2.24, 2.45) is 0 Å². The van der Waals surface area contributed by atoms with Crippen molar-refractivity contribution < 1.29 is 18.7 Å². The lowest BCUT2D eigenvalue weighted by Crippen LogP contribution is -1.99. The van der Waals surface area contributed by atoms with E-state index in [-0.39, 0.29) is 6.01 Å². The van der Waals surface area contributed by atoms with Gasteiger partial charge in [0, 0.05) is 6.92 Å². The summed E-state index contributed by atoms with van der Waals surface area (Å²) in [5, 5.41) is 3.90. The monoisotopic (exact) mass is 314 g/mol. The maximum atomic E-state index is 5.75. The van der Waals surface area contributed by atoms with Gasteiger partial charge < -0.3 is 18.7 Å². The molecule has 118 valence electrons. The molecule has 0 N–H and O–H groups in total. The number of nitrogens with zero attached hydrogens (tertiary/aromatic N) is 4. The average molecular weight is 314 g/mol. The smallest absolute Gasteiger partial charge is 0.328 e. The highest BCUT2D eigenvalue weighted by atomic mass is 16.5. The lowest BCUT2D eigenvalue weighted by molar-refractivity contribution is 0.348. The number of para-hydroxylation sites is 1. The fourth-order valence-corrected chi connectivity index (χ4v) is 1.89. The van der Waals surface area contributed by atoms with Gasteiger partial charge in [0.2, 0.25) is 23.5 Å². The fourth-order valence-electron chi connectivity index (χ4n) is 1.89. The Morgan fingerprint density at radius 3 is 2.26 bits per heavy atom. The summed E-state index contributed by atoms with van der Waals surface area (Å²) in [6.07, 6.45) is 0. The first-order valence-electron chi connectivity index (χ1n) is 6.74. The summed E-state index contributed by atoms with van der Waals surface area (Å²) >= 11 is 0. The number of rotatable bonds is 5. The highest BCUT2D eigenvalue weighted by Gasteiger charge is 2.14. The van der Waals surface area contributed by atoms with Crippen LogP contribution in [0.1, 0.15) is 5.89 Å². The summed E-state index contributed by atoms with van der Waals surface area (Å²) in [7, 11) is 3.00. The molecule has 0 amide bonds. The SMILES string of the molecule is COc1cc(OC)nc(Oc2ccccc2-c2noc(C)n2)n1. The Labute approximate surface area is 132 Å². The lowest BCUT2D eigenvalue weighted by atomic mass is 10.2. The topological polar surface area (TPSA) is 92.4 Å². The van der Waals surface area contributed by atoms with Crippen LogP contribution >= 0.6 is 0 Å². The van der Waals surface area contributed by atoms with E-state index in [9.17, 15) is 0 Å². The number of hydrogen-bond donors (Lipinski definition) is 0. The molecule has 0 aliphatic rings. The van der Waals surface area contributed by atoms with Crippen molar-refractivity contribution in [3.8, 4) is 34.9 Å². The molecule has 8 nitrogen and oxygen atoms in total. The van der Waals surface area contributed by atoms with Crippen LogP contribution in [-0.4, -0.2) is 34.3 Å². The number of ether oxygens (including phenoxy) is 3. The average Bonchev–Trinajstić information content (AvgIpc) is 3.01. The van der Waals surface area contributed by atoms with Crippen molar-refractivity contribution in [3.63, 3.8) is 0 Å². The van der Waals surface area contributed by atoms with E-state index in [1.54, 1.807) is 19.1 Å². The van der Waals surface area contributed by atoms with Crippen LogP contribution in [0.2, 0.25) is 0 Å². The summed E-state index contributed by atoms with van der Waals surface area (Å²) in [4.78, 5) is 12.5. The molecular formula is C15H14N4O4. The Balaban J connectivity index is 1.98. The number of aryl methyl sites for hydroxylation is 1. The maximum Gasteiger partial charge on any atom is 0.328 e. The largest absolute Gasteiger partial charge is 0.481 e. The van der Waals surface area contributed by atoms with Gasteiger partial charge in [-0.3, -0.25) is 0 Å². The van der Waals surface area contributed by atoms with Gasteiger partial charge in [0.1, 0.15) is 5.75 Å². The minimum atomic E-state index is 0.0915. The summed E-state index contributed by atoms with van der Waals surface area (Å²) < 4.78 is 21.0. The van der Waals surface area contributed by atoms with Crippen molar-refractivity contribution in [2.75, 3.05) is 14.2 Å². The van der Waals surface area contributed by atoms with Crippen LogP contribution in [0.3, 0.4) is 0 Å². The fraction of sp³-hybridized carbons (Fsp3) is 0.200. The molecule has 0 atom stereocenters. The molecule has 0 aliphatic heterocycles. The van der Waals surface area contributed by atoms with Crippen LogP contribution in [0, 0.1) is 6.92 Å². The van der Waals surface area contributed by atoms with Gasteiger partial charge in [-0.25, -0.2) is 0 Å². The van der Waals surface area contributed by atoms with Gasteiger partial charge in [0.05, 0.1) is 25.8 Å². The van der Waals surface area contributed by atoms with Crippen LogP contribution in [0.25, 0.3) is 11.4 Å². The van der Waals surface area contributed by atoms with Gasteiger partial charge in [0.15, 0.2) is 0 Å². The Morgan fingerprint density at radius 2 is 1.65 bits per heavy atom. The summed E-state index contributed by atoms with van der Waals surface area (Å²) in [5.41, 5.74) is 0.662. The Kier molecular flexibility index (Phi) is 4.05. The summed E-state index contributed by atoms with van der Waals surface area (Å²) in [6, 6.07) is 8.90. The predicted octanol–water partition coefficient (Wildman–Crippen LogP) is 2.64. The zero-order chi connectivity index (χ0) is 16.2.